The molecule has 2 saturated carbocycles. The van der Waals surface area contributed by atoms with E-state index in [2.05, 4.69) is 13.5 Å². The average Bonchev–Trinajstić information content (AvgIpc) is 2.78. The van der Waals surface area contributed by atoms with Gasteiger partial charge in [0.1, 0.15) is 12.4 Å². The molecular weight excluding hydrogens is 397 g/mol. The first-order valence-electron chi connectivity index (χ1n) is 11.9. The van der Waals surface area contributed by atoms with Gasteiger partial charge in [0.2, 0.25) is 5.82 Å². The number of hydrogen-bond donors (Lipinski definition) is 0. The minimum absolute atomic E-state index is 0.0619. The second-order valence-corrected chi connectivity index (χ2v) is 9.52. The molecule has 2 aliphatic rings. The van der Waals surface area contributed by atoms with Crippen LogP contribution in [0.2, 0.25) is 0 Å². The molecule has 2 aliphatic carbocycles. The van der Waals surface area contributed by atoms with E-state index in [0.29, 0.717) is 16.9 Å². The number of fused-ring (bicyclic) bond motifs is 2. The Labute approximate surface area is 183 Å². The smallest absolute Gasteiger partial charge is 0.201 e. The quantitative estimate of drug-likeness (QED) is 0.401. The largest absolute Gasteiger partial charge is 0.486 e. The van der Waals surface area contributed by atoms with Crippen molar-refractivity contribution in [1.29, 1.82) is 0 Å². The molecule has 4 unspecified atom stereocenters. The van der Waals surface area contributed by atoms with E-state index in [1.807, 2.05) is 0 Å². The van der Waals surface area contributed by atoms with Gasteiger partial charge in [-0.15, -0.1) is 0 Å². The van der Waals surface area contributed by atoms with Crippen LogP contribution in [-0.4, -0.2) is 6.61 Å². The molecule has 0 amide bonds. The summed E-state index contributed by atoms with van der Waals surface area (Å²) in [6.45, 7) is 5.82. The number of hydrogen-bond acceptors (Lipinski definition) is 1. The van der Waals surface area contributed by atoms with Gasteiger partial charge in [-0.05, 0) is 72.8 Å². The van der Waals surface area contributed by atoms with E-state index in [1.165, 1.54) is 50.7 Å². The van der Waals surface area contributed by atoms with Crippen LogP contribution in [0.5, 0.6) is 5.75 Å². The van der Waals surface area contributed by atoms with E-state index >= 15 is 4.39 Å². The predicted molar refractivity (Wildman–Crippen MR) is 120 cm³/mol. The third-order valence-corrected chi connectivity index (χ3v) is 7.60. The Morgan fingerprint density at radius 1 is 1.00 bits per heavy atom. The molecule has 4 rings (SSSR count). The molecule has 2 aromatic carbocycles. The average molecular weight is 431 g/mol. The van der Waals surface area contributed by atoms with Gasteiger partial charge in [-0.25, -0.2) is 8.78 Å². The van der Waals surface area contributed by atoms with Gasteiger partial charge in [0.15, 0.2) is 11.6 Å². The van der Waals surface area contributed by atoms with Crippen molar-refractivity contribution < 1.29 is 17.9 Å². The summed E-state index contributed by atoms with van der Waals surface area (Å²) in [4.78, 5) is 0. The van der Waals surface area contributed by atoms with Crippen LogP contribution in [0.25, 0.3) is 10.8 Å². The highest BCUT2D eigenvalue weighted by atomic mass is 19.2. The Bertz CT molecular complexity index is 938. The summed E-state index contributed by atoms with van der Waals surface area (Å²) >= 11 is 0. The zero-order chi connectivity index (χ0) is 22.0. The molecule has 168 valence electrons. The van der Waals surface area contributed by atoms with E-state index < -0.39 is 17.5 Å². The summed E-state index contributed by atoms with van der Waals surface area (Å²) in [6, 6.07) is 4.84. The second kappa shape index (κ2) is 9.67. The molecule has 2 aromatic rings. The molecule has 0 radical (unpaired) electrons. The molecular formula is C27H33F3O. The zero-order valence-electron chi connectivity index (χ0n) is 18.4. The monoisotopic (exact) mass is 430 g/mol. The molecule has 2 fully saturated rings. The van der Waals surface area contributed by atoms with Crippen molar-refractivity contribution in [3.05, 3.63) is 53.9 Å². The van der Waals surface area contributed by atoms with Crippen LogP contribution in [0, 0.1) is 35.2 Å². The van der Waals surface area contributed by atoms with Gasteiger partial charge in [-0.3, -0.25) is 0 Å². The number of halogens is 3. The van der Waals surface area contributed by atoms with Gasteiger partial charge in [0.25, 0.3) is 0 Å². The third-order valence-electron chi connectivity index (χ3n) is 7.60. The van der Waals surface area contributed by atoms with Gasteiger partial charge in [0, 0.05) is 0 Å². The number of benzene rings is 2. The van der Waals surface area contributed by atoms with Crippen LogP contribution in [0.4, 0.5) is 13.2 Å². The lowest BCUT2D eigenvalue weighted by atomic mass is 9.63. The highest BCUT2D eigenvalue weighted by molar-refractivity contribution is 5.86. The molecule has 4 atom stereocenters. The Hall–Kier alpha value is -1.97. The molecule has 0 saturated heterocycles. The molecule has 0 aliphatic heterocycles. The van der Waals surface area contributed by atoms with Crippen molar-refractivity contribution in [2.24, 2.45) is 17.8 Å². The van der Waals surface area contributed by atoms with Gasteiger partial charge in [0.05, 0.1) is 5.39 Å². The zero-order valence-corrected chi connectivity index (χ0v) is 18.4. The predicted octanol–water partition coefficient (Wildman–Crippen LogP) is 8.31. The molecule has 0 bridgehead atoms. The van der Waals surface area contributed by atoms with Crippen molar-refractivity contribution in [3.63, 3.8) is 0 Å². The number of unbranched alkanes of at least 4 members (excludes halogenated alkanes) is 1. The van der Waals surface area contributed by atoms with Gasteiger partial charge < -0.3 is 4.74 Å². The fraction of sp³-hybridized carbons (Fsp3) is 0.556. The Balaban J connectivity index is 1.55. The van der Waals surface area contributed by atoms with Crippen LogP contribution < -0.4 is 4.74 Å². The van der Waals surface area contributed by atoms with E-state index in [9.17, 15) is 8.78 Å². The topological polar surface area (TPSA) is 9.23 Å². The maximum atomic E-state index is 15.4. The third kappa shape index (κ3) is 4.49. The SMILES string of the molecule is C=CCOc1cc2ccc(C3CCC4CC(CCCC)CCC4C3)c(F)c2c(F)c1F. The summed E-state index contributed by atoms with van der Waals surface area (Å²) < 4.78 is 49.9. The number of rotatable bonds is 7. The minimum atomic E-state index is -1.17. The maximum absolute atomic E-state index is 15.4. The fourth-order valence-electron chi connectivity index (χ4n) is 5.97. The summed E-state index contributed by atoms with van der Waals surface area (Å²) in [5.41, 5.74) is 0.539. The van der Waals surface area contributed by atoms with E-state index in [1.54, 1.807) is 12.1 Å². The van der Waals surface area contributed by atoms with Crippen molar-refractivity contribution in [3.8, 4) is 5.75 Å². The van der Waals surface area contributed by atoms with Gasteiger partial charge in [-0.1, -0.05) is 57.4 Å². The molecule has 0 heterocycles. The number of ether oxygens (including phenoxy) is 1. The first-order valence-corrected chi connectivity index (χ1v) is 11.9. The van der Waals surface area contributed by atoms with Gasteiger partial charge in [-0.2, -0.15) is 4.39 Å². The van der Waals surface area contributed by atoms with Gasteiger partial charge >= 0.3 is 0 Å². The second-order valence-electron chi connectivity index (χ2n) is 9.52. The lowest BCUT2D eigenvalue weighted by Crippen LogP contribution is -2.30. The lowest BCUT2D eigenvalue weighted by Gasteiger charge is -2.42. The van der Waals surface area contributed by atoms with Crippen LogP contribution in [0.15, 0.2) is 30.9 Å². The molecule has 0 spiro atoms. The molecule has 31 heavy (non-hydrogen) atoms. The first-order chi connectivity index (χ1) is 15.0. The summed E-state index contributed by atoms with van der Waals surface area (Å²) in [6.07, 6.45) is 12.2. The van der Waals surface area contributed by atoms with Crippen molar-refractivity contribution in [1.82, 2.24) is 0 Å². The normalized spacial score (nSPS) is 25.9. The highest BCUT2D eigenvalue weighted by Crippen LogP contribution is 2.49. The van der Waals surface area contributed by atoms with Crippen LogP contribution in [-0.2, 0) is 0 Å². The van der Waals surface area contributed by atoms with Crippen LogP contribution in [0.1, 0.15) is 76.2 Å². The maximum Gasteiger partial charge on any atom is 0.201 e. The fourth-order valence-corrected chi connectivity index (χ4v) is 5.97. The molecule has 0 N–H and O–H groups in total. The summed E-state index contributed by atoms with van der Waals surface area (Å²) in [7, 11) is 0. The molecule has 0 aromatic heterocycles. The lowest BCUT2D eigenvalue weighted by molar-refractivity contribution is 0.113. The molecule has 1 nitrogen and oxygen atoms in total. The first kappa shape index (κ1) is 22.2. The van der Waals surface area contributed by atoms with E-state index in [4.69, 9.17) is 4.74 Å². The van der Waals surface area contributed by atoms with E-state index in [-0.39, 0.29) is 23.7 Å². The van der Waals surface area contributed by atoms with Crippen LogP contribution >= 0.6 is 0 Å². The van der Waals surface area contributed by atoms with Crippen molar-refractivity contribution in [2.75, 3.05) is 6.61 Å². The van der Waals surface area contributed by atoms with Crippen LogP contribution in [0.3, 0.4) is 0 Å². The summed E-state index contributed by atoms with van der Waals surface area (Å²) in [5.74, 6) is -0.819. The Kier molecular flexibility index (Phi) is 6.93. The molecule has 4 heteroatoms. The van der Waals surface area contributed by atoms with E-state index in [0.717, 1.165) is 31.1 Å². The minimum Gasteiger partial charge on any atom is -0.486 e. The van der Waals surface area contributed by atoms with Crippen molar-refractivity contribution >= 4 is 10.8 Å². The Morgan fingerprint density at radius 3 is 2.55 bits per heavy atom. The highest BCUT2D eigenvalue weighted by Gasteiger charge is 2.36. The Morgan fingerprint density at radius 2 is 1.77 bits per heavy atom. The van der Waals surface area contributed by atoms with Crippen molar-refractivity contribution in [2.45, 2.75) is 70.6 Å². The summed E-state index contributed by atoms with van der Waals surface area (Å²) in [5, 5.41) is 0.0654. The standard InChI is InChI=1S/C27H33F3O/c1-3-5-6-17-7-8-19-15-20(10-9-18(19)14-17)22-12-11-21-16-23(31-13-4-2)26(29)27(30)24(21)25(22)28/h4,11-12,16-20H,2-3,5-10,13-15H2,1H3.